The molecule has 2 amide bonds. The van der Waals surface area contributed by atoms with Crippen molar-refractivity contribution in [3.8, 4) is 0 Å². The van der Waals surface area contributed by atoms with Crippen LogP contribution in [0.3, 0.4) is 0 Å². The molecule has 27 heavy (non-hydrogen) atoms. The molecule has 0 N–H and O–H groups in total. The summed E-state index contributed by atoms with van der Waals surface area (Å²) in [5.74, 6) is 0.256. The SMILES string of the molecule is CCN(CC)C(=O)CN1CCCN(C(=O)c2ccc3ccccc3c2)CC1. The second-order valence-electron chi connectivity index (χ2n) is 7.05. The van der Waals surface area contributed by atoms with Crippen molar-refractivity contribution in [2.75, 3.05) is 45.8 Å². The van der Waals surface area contributed by atoms with Gasteiger partial charge in [0.25, 0.3) is 5.91 Å². The van der Waals surface area contributed by atoms with Crippen molar-refractivity contribution in [1.29, 1.82) is 0 Å². The van der Waals surface area contributed by atoms with Crippen LogP contribution in [0.1, 0.15) is 30.6 Å². The molecule has 0 atom stereocenters. The number of hydrogen-bond acceptors (Lipinski definition) is 3. The lowest BCUT2D eigenvalue weighted by Gasteiger charge is -2.25. The van der Waals surface area contributed by atoms with Gasteiger partial charge in [-0.25, -0.2) is 0 Å². The molecule has 5 nitrogen and oxygen atoms in total. The van der Waals surface area contributed by atoms with Gasteiger partial charge in [0.1, 0.15) is 0 Å². The van der Waals surface area contributed by atoms with Crippen LogP contribution in [0, 0.1) is 0 Å². The third kappa shape index (κ3) is 4.66. The fourth-order valence-electron chi connectivity index (χ4n) is 3.70. The van der Waals surface area contributed by atoms with Crippen LogP contribution in [0.4, 0.5) is 0 Å². The second-order valence-corrected chi connectivity index (χ2v) is 7.05. The molecule has 2 aromatic carbocycles. The van der Waals surface area contributed by atoms with Crippen molar-refractivity contribution in [2.45, 2.75) is 20.3 Å². The van der Waals surface area contributed by atoms with Gasteiger partial charge in [-0.3, -0.25) is 14.5 Å². The zero-order chi connectivity index (χ0) is 19.2. The number of hydrogen-bond donors (Lipinski definition) is 0. The summed E-state index contributed by atoms with van der Waals surface area (Å²) in [7, 11) is 0. The largest absolute Gasteiger partial charge is 0.342 e. The predicted molar refractivity (Wildman–Crippen MR) is 109 cm³/mol. The van der Waals surface area contributed by atoms with Gasteiger partial charge in [-0.1, -0.05) is 30.3 Å². The fourth-order valence-corrected chi connectivity index (χ4v) is 3.70. The van der Waals surface area contributed by atoms with Gasteiger partial charge in [-0.15, -0.1) is 0 Å². The van der Waals surface area contributed by atoms with E-state index in [1.54, 1.807) is 0 Å². The van der Waals surface area contributed by atoms with E-state index in [1.165, 1.54) is 0 Å². The van der Waals surface area contributed by atoms with Gasteiger partial charge < -0.3 is 9.80 Å². The third-order valence-electron chi connectivity index (χ3n) is 5.35. The summed E-state index contributed by atoms with van der Waals surface area (Å²) in [6, 6.07) is 14.0. The van der Waals surface area contributed by atoms with Crippen LogP contribution >= 0.6 is 0 Å². The summed E-state index contributed by atoms with van der Waals surface area (Å²) < 4.78 is 0. The minimum atomic E-state index is 0.0812. The molecule has 0 aromatic heterocycles. The van der Waals surface area contributed by atoms with E-state index in [9.17, 15) is 9.59 Å². The Morgan fingerprint density at radius 3 is 2.41 bits per heavy atom. The molecule has 0 spiro atoms. The van der Waals surface area contributed by atoms with E-state index in [2.05, 4.69) is 11.0 Å². The lowest BCUT2D eigenvalue weighted by molar-refractivity contribution is -0.132. The van der Waals surface area contributed by atoms with E-state index < -0.39 is 0 Å². The molecule has 0 radical (unpaired) electrons. The minimum Gasteiger partial charge on any atom is -0.342 e. The molecule has 3 rings (SSSR count). The Morgan fingerprint density at radius 1 is 0.926 bits per heavy atom. The van der Waals surface area contributed by atoms with Crippen molar-refractivity contribution in [1.82, 2.24) is 14.7 Å². The van der Waals surface area contributed by atoms with E-state index in [1.807, 2.05) is 60.0 Å². The van der Waals surface area contributed by atoms with Gasteiger partial charge in [-0.05, 0) is 43.2 Å². The normalized spacial score (nSPS) is 15.6. The van der Waals surface area contributed by atoms with Crippen LogP contribution in [0.15, 0.2) is 42.5 Å². The maximum atomic E-state index is 13.0. The van der Waals surface area contributed by atoms with Crippen LogP contribution in [-0.2, 0) is 4.79 Å². The van der Waals surface area contributed by atoms with Gasteiger partial charge in [0, 0.05) is 44.8 Å². The topological polar surface area (TPSA) is 43.9 Å². The second kappa shape index (κ2) is 9.00. The standard InChI is InChI=1S/C22H29N3O2/c1-3-24(4-2)21(26)17-23-12-7-13-25(15-14-23)22(27)20-11-10-18-8-5-6-9-19(18)16-20/h5-6,8-11,16H,3-4,7,12-15,17H2,1-2H3. The highest BCUT2D eigenvalue weighted by atomic mass is 16.2. The first-order valence-corrected chi connectivity index (χ1v) is 9.90. The Morgan fingerprint density at radius 2 is 1.67 bits per heavy atom. The number of benzene rings is 2. The molecule has 1 saturated heterocycles. The van der Waals surface area contributed by atoms with Crippen LogP contribution in [0.25, 0.3) is 10.8 Å². The molecule has 0 bridgehead atoms. The molecule has 1 aliphatic heterocycles. The average molecular weight is 367 g/mol. The van der Waals surface area contributed by atoms with Gasteiger partial charge in [-0.2, -0.15) is 0 Å². The Bertz CT molecular complexity index is 801. The molecule has 5 heteroatoms. The summed E-state index contributed by atoms with van der Waals surface area (Å²) in [5, 5.41) is 2.23. The monoisotopic (exact) mass is 367 g/mol. The molecule has 1 fully saturated rings. The Balaban J connectivity index is 1.63. The van der Waals surface area contributed by atoms with Crippen LogP contribution in [-0.4, -0.2) is 72.3 Å². The first-order valence-electron chi connectivity index (χ1n) is 9.90. The van der Waals surface area contributed by atoms with Gasteiger partial charge in [0.2, 0.25) is 5.91 Å². The van der Waals surface area contributed by atoms with Crippen LogP contribution in [0.2, 0.25) is 0 Å². The molecule has 1 aliphatic rings. The van der Waals surface area contributed by atoms with Crippen molar-refractivity contribution >= 4 is 22.6 Å². The third-order valence-corrected chi connectivity index (χ3v) is 5.35. The number of nitrogens with zero attached hydrogens (tertiary/aromatic N) is 3. The highest BCUT2D eigenvalue weighted by molar-refractivity contribution is 5.98. The zero-order valence-electron chi connectivity index (χ0n) is 16.4. The van der Waals surface area contributed by atoms with Gasteiger partial charge in [0.05, 0.1) is 6.54 Å². The predicted octanol–water partition coefficient (Wildman–Crippen LogP) is 2.86. The molecule has 0 aliphatic carbocycles. The lowest BCUT2D eigenvalue weighted by Crippen LogP contribution is -2.42. The number of carbonyl (C=O) groups is 2. The molecular weight excluding hydrogens is 338 g/mol. The minimum absolute atomic E-state index is 0.0812. The molecule has 144 valence electrons. The van der Waals surface area contributed by atoms with Gasteiger partial charge in [0.15, 0.2) is 0 Å². The zero-order valence-corrected chi connectivity index (χ0v) is 16.4. The van der Waals surface area contributed by atoms with Crippen LogP contribution in [0.5, 0.6) is 0 Å². The lowest BCUT2D eigenvalue weighted by atomic mass is 10.1. The highest BCUT2D eigenvalue weighted by Crippen LogP contribution is 2.17. The summed E-state index contributed by atoms with van der Waals surface area (Å²) in [6.45, 7) is 8.95. The molecule has 0 saturated carbocycles. The number of rotatable bonds is 5. The Labute approximate surface area is 161 Å². The molecule has 2 aromatic rings. The maximum Gasteiger partial charge on any atom is 0.253 e. The molecule has 1 heterocycles. The number of carbonyl (C=O) groups excluding carboxylic acids is 2. The first kappa shape index (κ1) is 19.4. The van der Waals surface area contributed by atoms with Crippen molar-refractivity contribution in [2.24, 2.45) is 0 Å². The highest BCUT2D eigenvalue weighted by Gasteiger charge is 2.22. The smallest absolute Gasteiger partial charge is 0.253 e. The van der Waals surface area contributed by atoms with E-state index in [0.717, 1.165) is 55.5 Å². The Kier molecular flexibility index (Phi) is 6.45. The fraction of sp³-hybridized carbons (Fsp3) is 0.455. The van der Waals surface area contributed by atoms with Crippen LogP contribution < -0.4 is 0 Å². The summed E-state index contributed by atoms with van der Waals surface area (Å²) in [5.41, 5.74) is 0.737. The summed E-state index contributed by atoms with van der Waals surface area (Å²) in [6.07, 6.45) is 0.894. The van der Waals surface area contributed by atoms with Crippen molar-refractivity contribution in [3.63, 3.8) is 0 Å². The number of fused-ring (bicyclic) bond motifs is 1. The van der Waals surface area contributed by atoms with Crippen molar-refractivity contribution in [3.05, 3.63) is 48.0 Å². The molecule has 0 unspecified atom stereocenters. The summed E-state index contributed by atoms with van der Waals surface area (Å²) in [4.78, 5) is 31.3. The maximum absolute atomic E-state index is 13.0. The first-order chi connectivity index (χ1) is 13.1. The van der Waals surface area contributed by atoms with E-state index in [4.69, 9.17) is 0 Å². The van der Waals surface area contributed by atoms with E-state index in [0.29, 0.717) is 13.1 Å². The van der Waals surface area contributed by atoms with E-state index >= 15 is 0 Å². The van der Waals surface area contributed by atoms with E-state index in [-0.39, 0.29) is 11.8 Å². The summed E-state index contributed by atoms with van der Waals surface area (Å²) >= 11 is 0. The average Bonchev–Trinajstić information content (AvgIpc) is 2.93. The number of likely N-dealkylation sites (N-methyl/N-ethyl adjacent to an activating group) is 1. The Hall–Kier alpha value is -2.40. The van der Waals surface area contributed by atoms with Gasteiger partial charge >= 0.3 is 0 Å². The number of amides is 2. The quantitative estimate of drug-likeness (QED) is 0.816. The molecular formula is C22H29N3O2. The van der Waals surface area contributed by atoms with Crippen molar-refractivity contribution < 1.29 is 9.59 Å².